The average molecular weight is 493 g/mol. The second-order valence-corrected chi connectivity index (χ2v) is 8.61. The molecule has 0 unspecified atom stereocenters. The normalized spacial score (nSPS) is 12.7. The summed E-state index contributed by atoms with van der Waals surface area (Å²) < 4.78 is 12.6. The number of ether oxygens (including phenoxy) is 2. The largest absolute Gasteiger partial charge is 0.478 e. The van der Waals surface area contributed by atoms with Gasteiger partial charge in [-0.3, -0.25) is 0 Å². The number of benzene rings is 3. The van der Waals surface area contributed by atoms with Gasteiger partial charge in [0, 0.05) is 10.6 Å². The summed E-state index contributed by atoms with van der Waals surface area (Å²) in [6.07, 6.45) is 1.54. The van der Waals surface area contributed by atoms with Crippen LogP contribution in [-0.4, -0.2) is 27.6 Å². The number of carboxylic acids is 1. The van der Waals surface area contributed by atoms with Crippen molar-refractivity contribution in [2.24, 2.45) is 0 Å². The molecule has 5 rings (SSSR count). The number of halogens is 2. The zero-order valence-corrected chi connectivity index (χ0v) is 19.5. The molecule has 0 saturated heterocycles. The molecular weight excluding hydrogens is 475 g/mol. The number of carboxylic acid groups (broad SMARTS) is 1. The molecular formula is C26H18Cl2N2O4. The van der Waals surface area contributed by atoms with Crippen molar-refractivity contribution in [1.82, 2.24) is 9.78 Å². The van der Waals surface area contributed by atoms with E-state index in [0.29, 0.717) is 44.2 Å². The second kappa shape index (κ2) is 8.89. The van der Waals surface area contributed by atoms with Crippen molar-refractivity contribution in [2.45, 2.75) is 6.92 Å². The van der Waals surface area contributed by atoms with Crippen molar-refractivity contribution >= 4 is 40.8 Å². The van der Waals surface area contributed by atoms with E-state index in [2.05, 4.69) is 5.10 Å². The lowest BCUT2D eigenvalue weighted by Crippen LogP contribution is -2.02. The van der Waals surface area contributed by atoms with Gasteiger partial charge in [-0.2, -0.15) is 5.10 Å². The first-order valence-corrected chi connectivity index (χ1v) is 11.1. The maximum Gasteiger partial charge on any atom is 0.336 e. The zero-order valence-electron chi connectivity index (χ0n) is 18.0. The van der Waals surface area contributed by atoms with Gasteiger partial charge in [-0.15, -0.1) is 0 Å². The van der Waals surface area contributed by atoms with Gasteiger partial charge in [0.2, 0.25) is 6.79 Å². The van der Waals surface area contributed by atoms with Crippen molar-refractivity contribution in [1.29, 1.82) is 0 Å². The first kappa shape index (κ1) is 22.1. The van der Waals surface area contributed by atoms with Crippen LogP contribution in [0.4, 0.5) is 0 Å². The van der Waals surface area contributed by atoms with E-state index in [1.165, 1.54) is 0 Å². The highest BCUT2D eigenvalue weighted by Gasteiger charge is 2.20. The lowest BCUT2D eigenvalue weighted by molar-refractivity contribution is -0.130. The third-order valence-electron chi connectivity index (χ3n) is 5.38. The minimum Gasteiger partial charge on any atom is -0.478 e. The Labute approximate surface area is 205 Å². The fourth-order valence-corrected chi connectivity index (χ4v) is 4.16. The van der Waals surface area contributed by atoms with Crippen LogP contribution in [0.2, 0.25) is 10.0 Å². The predicted molar refractivity (Wildman–Crippen MR) is 132 cm³/mol. The summed E-state index contributed by atoms with van der Waals surface area (Å²) in [6.45, 7) is 2.07. The first-order valence-electron chi connectivity index (χ1n) is 10.4. The molecule has 0 saturated carbocycles. The molecule has 0 radical (unpaired) electrons. The number of aryl methyl sites for hydroxylation is 1. The van der Waals surface area contributed by atoms with Gasteiger partial charge < -0.3 is 14.6 Å². The van der Waals surface area contributed by atoms with Crippen molar-refractivity contribution in [3.05, 3.63) is 93.6 Å². The van der Waals surface area contributed by atoms with E-state index in [1.54, 1.807) is 41.1 Å². The molecule has 0 fully saturated rings. The van der Waals surface area contributed by atoms with E-state index < -0.39 is 5.97 Å². The Kier molecular flexibility index (Phi) is 5.77. The Morgan fingerprint density at radius 2 is 1.85 bits per heavy atom. The molecule has 34 heavy (non-hydrogen) atoms. The topological polar surface area (TPSA) is 73.6 Å². The SMILES string of the molecule is Cc1cccc(/C(=C/c2cc(-c3ccc4c(c3)OCO4)n(-c3cc(Cl)ccc3Cl)n2)C(=O)O)c1. The molecule has 6 nitrogen and oxygen atoms in total. The smallest absolute Gasteiger partial charge is 0.336 e. The van der Waals surface area contributed by atoms with Crippen LogP contribution in [0.3, 0.4) is 0 Å². The molecule has 1 aliphatic heterocycles. The minimum atomic E-state index is -1.05. The van der Waals surface area contributed by atoms with Crippen LogP contribution < -0.4 is 9.47 Å². The number of nitrogens with zero attached hydrogens (tertiary/aromatic N) is 2. The van der Waals surface area contributed by atoms with Crippen LogP contribution in [0, 0.1) is 6.92 Å². The Hall–Kier alpha value is -3.74. The Balaban J connectivity index is 1.70. The highest BCUT2D eigenvalue weighted by atomic mass is 35.5. The van der Waals surface area contributed by atoms with E-state index in [-0.39, 0.29) is 12.4 Å². The van der Waals surface area contributed by atoms with Gasteiger partial charge >= 0.3 is 5.97 Å². The van der Waals surface area contributed by atoms with Gasteiger partial charge in [0.25, 0.3) is 0 Å². The number of hydrogen-bond acceptors (Lipinski definition) is 4. The van der Waals surface area contributed by atoms with Gasteiger partial charge in [0.05, 0.1) is 27.7 Å². The summed E-state index contributed by atoms with van der Waals surface area (Å²) in [5.41, 5.74) is 4.16. The molecule has 8 heteroatoms. The summed E-state index contributed by atoms with van der Waals surface area (Å²) >= 11 is 12.7. The van der Waals surface area contributed by atoms with Crippen LogP contribution >= 0.6 is 23.2 Å². The van der Waals surface area contributed by atoms with Gasteiger partial charge in [0.15, 0.2) is 11.5 Å². The van der Waals surface area contributed by atoms with Gasteiger partial charge in [-0.05, 0) is 61.0 Å². The maximum absolute atomic E-state index is 12.1. The number of rotatable bonds is 5. The van der Waals surface area contributed by atoms with Crippen molar-refractivity contribution < 1.29 is 19.4 Å². The molecule has 0 atom stereocenters. The maximum atomic E-state index is 12.1. The third kappa shape index (κ3) is 4.25. The van der Waals surface area contributed by atoms with E-state index in [9.17, 15) is 9.90 Å². The van der Waals surface area contributed by atoms with Crippen LogP contribution in [0.25, 0.3) is 28.6 Å². The predicted octanol–water partition coefficient (Wildman–Crippen LogP) is 6.51. The first-order chi connectivity index (χ1) is 16.4. The molecule has 1 aliphatic rings. The number of carbonyl (C=O) groups is 1. The number of aliphatic carboxylic acids is 1. The lowest BCUT2D eigenvalue weighted by atomic mass is 10.0. The molecule has 2 heterocycles. The monoisotopic (exact) mass is 492 g/mol. The summed E-state index contributed by atoms with van der Waals surface area (Å²) in [6, 6.07) is 19.8. The van der Waals surface area contributed by atoms with Crippen LogP contribution in [0.1, 0.15) is 16.8 Å². The molecule has 0 amide bonds. The molecule has 170 valence electrons. The number of aromatic nitrogens is 2. The molecule has 0 spiro atoms. The van der Waals surface area contributed by atoms with Gasteiger partial charge in [-0.25, -0.2) is 9.48 Å². The van der Waals surface area contributed by atoms with Crippen molar-refractivity contribution in [2.75, 3.05) is 6.79 Å². The van der Waals surface area contributed by atoms with Crippen LogP contribution in [-0.2, 0) is 4.79 Å². The van der Waals surface area contributed by atoms with Gasteiger partial charge in [-0.1, -0.05) is 53.0 Å². The highest BCUT2D eigenvalue weighted by Crippen LogP contribution is 2.38. The third-order valence-corrected chi connectivity index (χ3v) is 5.94. The standard InChI is InChI=1S/C26H18Cl2N2O4/c1-15-3-2-4-16(9-15)20(26(31)32)12-19-13-22(17-5-8-24-25(10-17)34-14-33-24)30(29-19)23-11-18(27)6-7-21(23)28/h2-13H,14H2,1H3,(H,31,32)/b20-12-. The van der Waals surface area contributed by atoms with Crippen LogP contribution in [0.5, 0.6) is 11.5 Å². The fourth-order valence-electron chi connectivity index (χ4n) is 3.79. The van der Waals surface area contributed by atoms with E-state index in [1.807, 2.05) is 43.3 Å². The molecule has 0 aliphatic carbocycles. The zero-order chi connectivity index (χ0) is 23.8. The molecule has 1 aromatic heterocycles. The summed E-state index contributed by atoms with van der Waals surface area (Å²) in [4.78, 5) is 12.1. The summed E-state index contributed by atoms with van der Waals surface area (Å²) in [5.74, 6) is 0.222. The van der Waals surface area contributed by atoms with Gasteiger partial charge in [0.1, 0.15) is 0 Å². The Bertz CT molecular complexity index is 1460. The lowest BCUT2D eigenvalue weighted by Gasteiger charge is -2.10. The van der Waals surface area contributed by atoms with Crippen molar-refractivity contribution in [3.8, 4) is 28.4 Å². The van der Waals surface area contributed by atoms with Crippen LogP contribution in [0.15, 0.2) is 66.7 Å². The van der Waals surface area contributed by atoms with E-state index >= 15 is 0 Å². The molecule has 3 aromatic carbocycles. The highest BCUT2D eigenvalue weighted by molar-refractivity contribution is 6.34. The summed E-state index contributed by atoms with van der Waals surface area (Å²) in [7, 11) is 0. The van der Waals surface area contributed by atoms with E-state index in [4.69, 9.17) is 32.7 Å². The number of hydrogen-bond donors (Lipinski definition) is 1. The van der Waals surface area contributed by atoms with E-state index in [0.717, 1.165) is 11.1 Å². The minimum absolute atomic E-state index is 0.128. The summed E-state index contributed by atoms with van der Waals surface area (Å²) in [5, 5.41) is 15.5. The van der Waals surface area contributed by atoms with Crippen molar-refractivity contribution in [3.63, 3.8) is 0 Å². The number of fused-ring (bicyclic) bond motifs is 1. The fraction of sp³-hybridized carbons (Fsp3) is 0.0769. The Morgan fingerprint density at radius 3 is 2.65 bits per heavy atom. The molecule has 0 bridgehead atoms. The second-order valence-electron chi connectivity index (χ2n) is 7.76. The quantitative estimate of drug-likeness (QED) is 0.321. The average Bonchev–Trinajstić information content (AvgIpc) is 3.45. The molecule has 4 aromatic rings. The molecule has 1 N–H and O–H groups in total. The Morgan fingerprint density at radius 1 is 1.03 bits per heavy atom.